The largest absolute Gasteiger partial charge is 0.372 e. The van der Waals surface area contributed by atoms with E-state index in [9.17, 15) is 4.79 Å². The molecule has 2 bridgehead atoms. The molecule has 4 rings (SSSR count). The number of rotatable bonds is 4. The van der Waals surface area contributed by atoms with E-state index in [1.807, 2.05) is 18.2 Å². The van der Waals surface area contributed by atoms with Gasteiger partial charge in [-0.1, -0.05) is 12.1 Å². The number of nitrogens with zero attached hydrogens (tertiary/aromatic N) is 1. The minimum absolute atomic E-state index is 0.151. The third kappa shape index (κ3) is 4.04. The lowest BCUT2D eigenvalue weighted by atomic mass is 9.89. The molecule has 3 saturated heterocycles. The lowest BCUT2D eigenvalue weighted by molar-refractivity contribution is -0.117. The second-order valence-electron chi connectivity index (χ2n) is 8.41. The first-order chi connectivity index (χ1) is 12.6. The summed E-state index contributed by atoms with van der Waals surface area (Å²) in [5.74, 6) is 0.669. The van der Waals surface area contributed by atoms with Crippen LogP contribution < -0.4 is 15.5 Å². The second kappa shape index (κ2) is 7.57. The summed E-state index contributed by atoms with van der Waals surface area (Å²) in [6, 6.07) is 9.43. The average Bonchev–Trinajstić information content (AvgIpc) is 2.93. The SMILES string of the molecule is CC1CN(c2ccccc2NC(=O)CC2CC3CCC(C2)N3)CC(C)O1. The van der Waals surface area contributed by atoms with Crippen molar-refractivity contribution in [3.63, 3.8) is 0 Å². The molecule has 3 aliphatic heterocycles. The van der Waals surface area contributed by atoms with E-state index in [2.05, 4.69) is 35.4 Å². The lowest BCUT2D eigenvalue weighted by Crippen LogP contribution is -2.45. The summed E-state index contributed by atoms with van der Waals surface area (Å²) in [5.41, 5.74) is 2.03. The Bertz CT molecular complexity index is 628. The van der Waals surface area contributed by atoms with Gasteiger partial charge in [-0.2, -0.15) is 0 Å². The first-order valence-corrected chi connectivity index (χ1v) is 10.1. The molecule has 4 unspecified atom stereocenters. The van der Waals surface area contributed by atoms with Crippen molar-refractivity contribution in [3.05, 3.63) is 24.3 Å². The molecule has 0 saturated carbocycles. The lowest BCUT2D eigenvalue weighted by Gasteiger charge is -2.37. The molecule has 0 radical (unpaired) electrons. The zero-order chi connectivity index (χ0) is 18.1. The Hall–Kier alpha value is -1.59. The molecule has 2 N–H and O–H groups in total. The van der Waals surface area contributed by atoms with Gasteiger partial charge in [-0.25, -0.2) is 0 Å². The van der Waals surface area contributed by atoms with Crippen molar-refractivity contribution >= 4 is 17.3 Å². The molecule has 5 heteroatoms. The molecule has 0 aliphatic carbocycles. The van der Waals surface area contributed by atoms with Gasteiger partial charge in [-0.3, -0.25) is 4.79 Å². The smallest absolute Gasteiger partial charge is 0.224 e. The van der Waals surface area contributed by atoms with Crippen LogP contribution in [0.5, 0.6) is 0 Å². The molecule has 3 heterocycles. The molecule has 1 amide bonds. The number of para-hydroxylation sites is 2. The highest BCUT2D eigenvalue weighted by atomic mass is 16.5. The molecule has 0 aromatic heterocycles. The van der Waals surface area contributed by atoms with Crippen LogP contribution >= 0.6 is 0 Å². The molecular formula is C21H31N3O2. The van der Waals surface area contributed by atoms with Crippen LogP contribution in [0.2, 0.25) is 0 Å². The molecule has 3 fully saturated rings. The molecule has 5 nitrogen and oxygen atoms in total. The van der Waals surface area contributed by atoms with E-state index in [0.717, 1.165) is 37.3 Å². The topological polar surface area (TPSA) is 53.6 Å². The molecule has 0 spiro atoms. The summed E-state index contributed by atoms with van der Waals surface area (Å²) in [6.45, 7) is 5.92. The Balaban J connectivity index is 1.41. The van der Waals surface area contributed by atoms with E-state index in [-0.39, 0.29) is 18.1 Å². The van der Waals surface area contributed by atoms with Gasteiger partial charge >= 0.3 is 0 Å². The monoisotopic (exact) mass is 357 g/mol. The average molecular weight is 357 g/mol. The van der Waals surface area contributed by atoms with Gasteiger partial charge in [0.05, 0.1) is 23.6 Å². The Morgan fingerprint density at radius 2 is 1.81 bits per heavy atom. The van der Waals surface area contributed by atoms with Crippen molar-refractivity contribution in [2.75, 3.05) is 23.3 Å². The highest BCUT2D eigenvalue weighted by molar-refractivity contribution is 5.94. The van der Waals surface area contributed by atoms with Crippen LogP contribution in [-0.2, 0) is 9.53 Å². The molecule has 1 aromatic carbocycles. The third-order valence-corrected chi connectivity index (χ3v) is 5.98. The molecular weight excluding hydrogens is 326 g/mol. The maximum absolute atomic E-state index is 12.7. The van der Waals surface area contributed by atoms with Gasteiger partial charge in [0.1, 0.15) is 0 Å². The molecule has 142 valence electrons. The Kier molecular flexibility index (Phi) is 5.18. The molecule has 3 aliphatic rings. The highest BCUT2D eigenvalue weighted by Gasteiger charge is 2.34. The summed E-state index contributed by atoms with van der Waals surface area (Å²) < 4.78 is 5.85. The van der Waals surface area contributed by atoms with Crippen LogP contribution in [0.3, 0.4) is 0 Å². The van der Waals surface area contributed by atoms with Crippen LogP contribution in [0.4, 0.5) is 11.4 Å². The van der Waals surface area contributed by atoms with E-state index in [1.165, 1.54) is 12.8 Å². The van der Waals surface area contributed by atoms with Crippen LogP contribution in [0, 0.1) is 5.92 Å². The van der Waals surface area contributed by atoms with E-state index in [1.54, 1.807) is 0 Å². The van der Waals surface area contributed by atoms with Gasteiger partial charge in [0.25, 0.3) is 0 Å². The van der Waals surface area contributed by atoms with Crippen molar-refractivity contribution in [1.82, 2.24) is 5.32 Å². The first kappa shape index (κ1) is 17.8. The van der Waals surface area contributed by atoms with Crippen LogP contribution in [0.25, 0.3) is 0 Å². The van der Waals surface area contributed by atoms with E-state index >= 15 is 0 Å². The summed E-state index contributed by atoms with van der Waals surface area (Å²) in [5, 5.41) is 6.85. The molecule has 26 heavy (non-hydrogen) atoms. The fourth-order valence-corrected chi connectivity index (χ4v) is 5.03. The standard InChI is InChI=1S/C21H31N3O2/c1-14-12-24(13-15(2)26-14)20-6-4-3-5-19(20)23-21(25)11-16-9-17-7-8-18(10-16)22-17/h3-6,14-18,22H,7-13H2,1-2H3,(H,23,25). The maximum atomic E-state index is 12.7. The zero-order valence-corrected chi connectivity index (χ0v) is 15.9. The van der Waals surface area contributed by atoms with Crippen molar-refractivity contribution in [3.8, 4) is 0 Å². The number of carbonyl (C=O) groups is 1. The summed E-state index contributed by atoms with van der Waals surface area (Å²) >= 11 is 0. The summed E-state index contributed by atoms with van der Waals surface area (Å²) in [7, 11) is 0. The van der Waals surface area contributed by atoms with E-state index < -0.39 is 0 Å². The number of morpholine rings is 1. The maximum Gasteiger partial charge on any atom is 0.224 e. The van der Waals surface area contributed by atoms with Gasteiger partial charge in [0.15, 0.2) is 0 Å². The number of benzene rings is 1. The highest BCUT2D eigenvalue weighted by Crippen LogP contribution is 2.33. The number of fused-ring (bicyclic) bond motifs is 2. The van der Waals surface area contributed by atoms with E-state index in [4.69, 9.17) is 4.74 Å². The third-order valence-electron chi connectivity index (χ3n) is 5.98. The summed E-state index contributed by atoms with van der Waals surface area (Å²) in [6.07, 6.45) is 5.88. The number of hydrogen-bond donors (Lipinski definition) is 2. The number of hydrogen-bond acceptors (Lipinski definition) is 4. The number of amides is 1. The van der Waals surface area contributed by atoms with Gasteiger partial charge in [-0.15, -0.1) is 0 Å². The Morgan fingerprint density at radius 3 is 2.50 bits per heavy atom. The Morgan fingerprint density at radius 1 is 1.15 bits per heavy atom. The quantitative estimate of drug-likeness (QED) is 0.869. The van der Waals surface area contributed by atoms with Crippen molar-refractivity contribution in [1.29, 1.82) is 0 Å². The van der Waals surface area contributed by atoms with Gasteiger partial charge < -0.3 is 20.3 Å². The van der Waals surface area contributed by atoms with Crippen LogP contribution in [-0.4, -0.2) is 43.3 Å². The molecule has 1 aromatic rings. The predicted octanol–water partition coefficient (Wildman–Crippen LogP) is 3.16. The van der Waals surface area contributed by atoms with Crippen LogP contribution in [0.15, 0.2) is 24.3 Å². The zero-order valence-electron chi connectivity index (χ0n) is 15.9. The Labute approximate surface area is 156 Å². The minimum atomic E-state index is 0.151. The summed E-state index contributed by atoms with van der Waals surface area (Å²) in [4.78, 5) is 15.0. The number of nitrogens with one attached hydrogen (secondary N) is 2. The fraction of sp³-hybridized carbons (Fsp3) is 0.667. The minimum Gasteiger partial charge on any atom is -0.372 e. The first-order valence-electron chi connectivity index (χ1n) is 10.1. The van der Waals surface area contributed by atoms with Crippen molar-refractivity contribution < 1.29 is 9.53 Å². The normalized spacial score (nSPS) is 33.9. The second-order valence-corrected chi connectivity index (χ2v) is 8.41. The van der Waals surface area contributed by atoms with E-state index in [0.29, 0.717) is 24.4 Å². The molecule has 4 atom stereocenters. The fourth-order valence-electron chi connectivity index (χ4n) is 5.03. The predicted molar refractivity (Wildman–Crippen MR) is 105 cm³/mol. The van der Waals surface area contributed by atoms with Crippen molar-refractivity contribution in [2.45, 2.75) is 70.2 Å². The van der Waals surface area contributed by atoms with Gasteiger partial charge in [0.2, 0.25) is 5.91 Å². The van der Waals surface area contributed by atoms with Crippen molar-refractivity contribution in [2.24, 2.45) is 5.92 Å². The number of piperidine rings is 1. The van der Waals surface area contributed by atoms with Gasteiger partial charge in [0, 0.05) is 31.6 Å². The van der Waals surface area contributed by atoms with Crippen LogP contribution in [0.1, 0.15) is 46.0 Å². The number of ether oxygens (including phenoxy) is 1. The number of anilines is 2. The number of carbonyl (C=O) groups excluding carboxylic acids is 1. The van der Waals surface area contributed by atoms with Gasteiger partial charge in [-0.05, 0) is 57.6 Å².